The first-order valence-electron chi connectivity index (χ1n) is 13.3. The standard InChI is InChI=1S/C34H17N3O6/c38-32-20-11-3-6-14-24(20)35-29(41-32)23-17-18-9-1-2-10-19(18)27(30-36-25-15-7-4-12-21(25)33(39)42-30)28(23)31-37-26-16-8-5-13-22(26)34(40)43-31/h1-17H. The number of fused-ring (bicyclic) bond motifs is 4. The van der Waals surface area contributed by atoms with E-state index in [1.54, 1.807) is 78.9 Å². The molecule has 3 aromatic heterocycles. The van der Waals surface area contributed by atoms with Crippen LogP contribution in [0.4, 0.5) is 0 Å². The van der Waals surface area contributed by atoms with Crippen molar-refractivity contribution in [2.24, 2.45) is 0 Å². The zero-order valence-corrected chi connectivity index (χ0v) is 22.1. The lowest BCUT2D eigenvalue weighted by molar-refractivity contribution is 0.508. The van der Waals surface area contributed by atoms with Gasteiger partial charge in [0, 0.05) is 0 Å². The quantitative estimate of drug-likeness (QED) is 0.242. The Bertz CT molecular complexity index is 2600. The lowest BCUT2D eigenvalue weighted by Gasteiger charge is -2.15. The van der Waals surface area contributed by atoms with E-state index >= 15 is 0 Å². The summed E-state index contributed by atoms with van der Waals surface area (Å²) in [4.78, 5) is 53.5. The summed E-state index contributed by atoms with van der Waals surface area (Å²) in [7, 11) is 0. The molecule has 0 radical (unpaired) electrons. The zero-order chi connectivity index (χ0) is 29.1. The molecule has 0 saturated carbocycles. The maximum Gasteiger partial charge on any atom is 0.347 e. The van der Waals surface area contributed by atoms with Crippen LogP contribution >= 0.6 is 0 Å². The van der Waals surface area contributed by atoms with E-state index in [0.717, 1.165) is 0 Å². The molecule has 8 aromatic rings. The molecule has 204 valence electrons. The van der Waals surface area contributed by atoms with E-state index in [-0.39, 0.29) is 23.2 Å². The van der Waals surface area contributed by atoms with Crippen LogP contribution in [-0.2, 0) is 0 Å². The monoisotopic (exact) mass is 563 g/mol. The van der Waals surface area contributed by atoms with Crippen LogP contribution in [0.5, 0.6) is 0 Å². The van der Waals surface area contributed by atoms with Gasteiger partial charge in [0.25, 0.3) is 0 Å². The first kappa shape index (κ1) is 24.6. The third-order valence-electron chi connectivity index (χ3n) is 7.31. The van der Waals surface area contributed by atoms with Gasteiger partial charge in [-0.15, -0.1) is 0 Å². The zero-order valence-electron chi connectivity index (χ0n) is 22.1. The van der Waals surface area contributed by atoms with Crippen molar-refractivity contribution in [1.82, 2.24) is 15.0 Å². The average molecular weight is 564 g/mol. The summed E-state index contributed by atoms with van der Waals surface area (Å²) < 4.78 is 17.4. The fraction of sp³-hybridized carbons (Fsp3) is 0. The third-order valence-corrected chi connectivity index (χ3v) is 7.31. The van der Waals surface area contributed by atoms with E-state index in [0.29, 0.717) is 54.6 Å². The van der Waals surface area contributed by atoms with Crippen LogP contribution in [0.3, 0.4) is 0 Å². The topological polar surface area (TPSA) is 129 Å². The van der Waals surface area contributed by atoms with Crippen LogP contribution in [0.15, 0.2) is 131 Å². The van der Waals surface area contributed by atoms with Crippen LogP contribution in [-0.4, -0.2) is 15.0 Å². The van der Waals surface area contributed by atoms with Crippen molar-refractivity contribution in [1.29, 1.82) is 0 Å². The highest BCUT2D eigenvalue weighted by molar-refractivity contribution is 6.07. The van der Waals surface area contributed by atoms with E-state index in [9.17, 15) is 14.4 Å². The summed E-state index contributed by atoms with van der Waals surface area (Å²) in [6.45, 7) is 0. The van der Waals surface area contributed by atoms with Gasteiger partial charge in [-0.25, -0.2) is 29.3 Å². The molecule has 0 amide bonds. The predicted octanol–water partition coefficient (Wildman–Crippen LogP) is 6.35. The molecule has 5 aromatic carbocycles. The molecule has 0 saturated heterocycles. The van der Waals surface area contributed by atoms with Gasteiger partial charge in [0.1, 0.15) is 0 Å². The van der Waals surface area contributed by atoms with Crippen LogP contribution in [0.1, 0.15) is 0 Å². The second-order valence-electron chi connectivity index (χ2n) is 9.87. The van der Waals surface area contributed by atoms with Crippen molar-refractivity contribution >= 4 is 43.5 Å². The van der Waals surface area contributed by atoms with Crippen LogP contribution in [0.2, 0.25) is 0 Å². The Balaban J connectivity index is 1.58. The smallest absolute Gasteiger partial charge is 0.347 e. The van der Waals surface area contributed by atoms with Gasteiger partial charge in [0.15, 0.2) is 0 Å². The fourth-order valence-corrected chi connectivity index (χ4v) is 5.35. The number of rotatable bonds is 3. The summed E-state index contributed by atoms with van der Waals surface area (Å²) in [6, 6.07) is 29.6. The van der Waals surface area contributed by atoms with Gasteiger partial charge < -0.3 is 13.3 Å². The maximum absolute atomic E-state index is 13.2. The van der Waals surface area contributed by atoms with Gasteiger partial charge in [0.05, 0.1) is 49.4 Å². The Morgan fingerprint density at radius 1 is 0.419 bits per heavy atom. The molecule has 3 heterocycles. The van der Waals surface area contributed by atoms with Gasteiger partial charge in [-0.2, -0.15) is 0 Å². The molecule has 43 heavy (non-hydrogen) atoms. The van der Waals surface area contributed by atoms with E-state index in [4.69, 9.17) is 23.2 Å². The molecule has 0 N–H and O–H groups in total. The molecule has 0 aliphatic rings. The predicted molar refractivity (Wildman–Crippen MR) is 162 cm³/mol. The molecule has 0 aliphatic heterocycles. The maximum atomic E-state index is 13.2. The Morgan fingerprint density at radius 3 is 1.35 bits per heavy atom. The normalized spacial score (nSPS) is 11.5. The number of aromatic nitrogens is 3. The minimum absolute atomic E-state index is 0.0301. The highest BCUT2D eigenvalue weighted by atomic mass is 16.4. The Hall–Kier alpha value is -6.22. The molecule has 9 heteroatoms. The molecular formula is C34H17N3O6. The summed E-state index contributed by atoms with van der Waals surface area (Å²) >= 11 is 0. The lowest BCUT2D eigenvalue weighted by Crippen LogP contribution is -2.08. The summed E-state index contributed by atoms with van der Waals surface area (Å²) in [5.41, 5.74) is 0.244. The molecule has 0 fully saturated rings. The Labute approximate surface area is 240 Å². The molecular weight excluding hydrogens is 546 g/mol. The Kier molecular flexibility index (Phi) is 5.38. The van der Waals surface area contributed by atoms with Crippen molar-refractivity contribution in [3.8, 4) is 34.4 Å². The minimum Gasteiger partial charge on any atom is -0.403 e. The third kappa shape index (κ3) is 3.94. The van der Waals surface area contributed by atoms with Gasteiger partial charge in [-0.1, -0.05) is 60.7 Å². The molecule has 0 bridgehead atoms. The molecule has 0 spiro atoms. The highest BCUT2D eigenvalue weighted by Gasteiger charge is 2.27. The van der Waals surface area contributed by atoms with E-state index < -0.39 is 16.9 Å². The van der Waals surface area contributed by atoms with Gasteiger partial charge in [0.2, 0.25) is 17.7 Å². The SMILES string of the molecule is O=c1oc(-c2cc3ccccc3c(-c3nc4ccccc4c(=O)o3)c2-c2nc3ccccc3c(=O)o2)nc2ccccc12. The van der Waals surface area contributed by atoms with Gasteiger partial charge >= 0.3 is 16.9 Å². The van der Waals surface area contributed by atoms with Crippen molar-refractivity contribution < 1.29 is 13.3 Å². The van der Waals surface area contributed by atoms with Crippen LogP contribution in [0, 0.1) is 0 Å². The largest absolute Gasteiger partial charge is 0.403 e. The van der Waals surface area contributed by atoms with Crippen molar-refractivity contribution in [2.75, 3.05) is 0 Å². The number of para-hydroxylation sites is 3. The highest BCUT2D eigenvalue weighted by Crippen LogP contribution is 2.43. The molecule has 0 aliphatic carbocycles. The van der Waals surface area contributed by atoms with E-state index in [1.165, 1.54) is 0 Å². The lowest BCUT2D eigenvalue weighted by atomic mass is 9.93. The van der Waals surface area contributed by atoms with Crippen molar-refractivity contribution in [3.05, 3.63) is 134 Å². The first-order chi connectivity index (χ1) is 21.0. The summed E-state index contributed by atoms with van der Waals surface area (Å²) in [6.07, 6.45) is 0. The van der Waals surface area contributed by atoms with Crippen molar-refractivity contribution in [3.63, 3.8) is 0 Å². The summed E-state index contributed by atoms with van der Waals surface area (Å²) in [5.74, 6) is -0.154. The number of hydrogen-bond donors (Lipinski definition) is 0. The fourth-order valence-electron chi connectivity index (χ4n) is 5.35. The molecule has 0 unspecified atom stereocenters. The second kappa shape index (κ2) is 9.42. The van der Waals surface area contributed by atoms with Gasteiger partial charge in [-0.3, -0.25) is 0 Å². The minimum atomic E-state index is -0.619. The number of benzene rings is 5. The van der Waals surface area contributed by atoms with Gasteiger partial charge in [-0.05, 0) is 53.2 Å². The average Bonchev–Trinajstić information content (AvgIpc) is 3.04. The Morgan fingerprint density at radius 2 is 0.814 bits per heavy atom. The molecule has 0 atom stereocenters. The van der Waals surface area contributed by atoms with Crippen LogP contribution in [0.25, 0.3) is 77.8 Å². The molecule has 8 rings (SSSR count). The summed E-state index contributed by atoms with van der Waals surface area (Å²) in [5, 5.41) is 2.25. The molecule has 9 nitrogen and oxygen atoms in total. The van der Waals surface area contributed by atoms with Crippen LogP contribution < -0.4 is 16.9 Å². The first-order valence-corrected chi connectivity index (χ1v) is 13.3. The van der Waals surface area contributed by atoms with Crippen molar-refractivity contribution in [2.45, 2.75) is 0 Å². The number of hydrogen-bond acceptors (Lipinski definition) is 9. The number of nitrogens with zero attached hydrogens (tertiary/aromatic N) is 3. The second-order valence-corrected chi connectivity index (χ2v) is 9.87. The van der Waals surface area contributed by atoms with E-state index in [1.807, 2.05) is 24.3 Å². The van der Waals surface area contributed by atoms with E-state index in [2.05, 4.69) is 4.98 Å².